The third-order valence-electron chi connectivity index (χ3n) is 2.30. The summed E-state index contributed by atoms with van der Waals surface area (Å²) in [4.78, 5) is 11.8. The molecule has 0 fully saturated rings. The zero-order valence-electron chi connectivity index (χ0n) is 9.01. The number of nitrogens with one attached hydrogen (secondary N) is 1. The lowest BCUT2D eigenvalue weighted by Gasteiger charge is -2.00. The van der Waals surface area contributed by atoms with E-state index in [0.717, 1.165) is 27.6 Å². The van der Waals surface area contributed by atoms with E-state index in [2.05, 4.69) is 0 Å². The molecule has 1 aromatic heterocycles. The monoisotopic (exact) mass is 248 g/mol. The lowest BCUT2D eigenvalue weighted by Crippen LogP contribution is -2.17. The minimum absolute atomic E-state index is 0.0204. The Bertz CT molecular complexity index is 540. The maximum absolute atomic E-state index is 11.0. The van der Waals surface area contributed by atoms with Gasteiger partial charge in [0, 0.05) is 22.0 Å². The lowest BCUT2D eigenvalue weighted by molar-refractivity contribution is -0.118. The second-order valence-corrected chi connectivity index (χ2v) is 4.65. The molecule has 0 spiro atoms. The number of amides is 1. The highest BCUT2D eigenvalue weighted by atomic mass is 32.2. The van der Waals surface area contributed by atoms with Gasteiger partial charge < -0.3 is 16.0 Å². The predicted octanol–water partition coefficient (Wildman–Crippen LogP) is 1.11. The van der Waals surface area contributed by atoms with E-state index in [-0.39, 0.29) is 11.7 Å². The molecule has 0 aliphatic rings. The summed E-state index contributed by atoms with van der Waals surface area (Å²) in [5.41, 5.74) is 11.5. The molecule has 17 heavy (non-hydrogen) atoms. The van der Waals surface area contributed by atoms with Crippen LogP contribution in [0.3, 0.4) is 0 Å². The van der Waals surface area contributed by atoms with Gasteiger partial charge in [0.15, 0.2) is 5.17 Å². The lowest BCUT2D eigenvalue weighted by atomic mass is 10.2. The highest BCUT2D eigenvalue weighted by molar-refractivity contribution is 8.13. The number of fused-ring (bicyclic) bond motifs is 1. The molecule has 0 aliphatic carbocycles. The van der Waals surface area contributed by atoms with Crippen LogP contribution in [-0.4, -0.2) is 15.6 Å². The van der Waals surface area contributed by atoms with E-state index in [1.165, 1.54) is 0 Å². The van der Waals surface area contributed by atoms with E-state index in [1.54, 1.807) is 10.8 Å². The van der Waals surface area contributed by atoms with Gasteiger partial charge in [0.2, 0.25) is 5.91 Å². The number of hydrogen-bond donors (Lipinski definition) is 3. The van der Waals surface area contributed by atoms with E-state index < -0.39 is 5.91 Å². The van der Waals surface area contributed by atoms with Crippen LogP contribution in [0, 0.1) is 5.41 Å². The fourth-order valence-electron chi connectivity index (χ4n) is 1.71. The van der Waals surface area contributed by atoms with Gasteiger partial charge in [0.25, 0.3) is 0 Å². The first-order chi connectivity index (χ1) is 8.08. The van der Waals surface area contributed by atoms with Gasteiger partial charge in [-0.25, -0.2) is 0 Å². The van der Waals surface area contributed by atoms with Crippen molar-refractivity contribution in [3.05, 3.63) is 30.5 Å². The van der Waals surface area contributed by atoms with Gasteiger partial charge >= 0.3 is 0 Å². The van der Waals surface area contributed by atoms with Crippen molar-refractivity contribution in [3.8, 4) is 0 Å². The standard InChI is InChI=1S/C11H12N4OS/c12-10(16)6-15-5-9(17-11(13)14)7-3-1-2-4-8(7)15/h1-5H,6H2,(H2,12,16)(H3,13,14). The summed E-state index contributed by atoms with van der Waals surface area (Å²) >= 11 is 1.16. The fourth-order valence-corrected chi connectivity index (χ4v) is 2.41. The molecule has 0 saturated carbocycles. The van der Waals surface area contributed by atoms with Crippen LogP contribution in [0.25, 0.3) is 10.9 Å². The molecule has 0 aliphatic heterocycles. The summed E-state index contributed by atoms with van der Waals surface area (Å²) in [5, 5.41) is 8.28. The van der Waals surface area contributed by atoms with E-state index in [0.29, 0.717) is 0 Å². The maximum Gasteiger partial charge on any atom is 0.237 e. The van der Waals surface area contributed by atoms with Gasteiger partial charge in [0.1, 0.15) is 6.54 Å². The topological polar surface area (TPSA) is 97.9 Å². The number of benzene rings is 1. The fraction of sp³-hybridized carbons (Fsp3) is 0.0909. The van der Waals surface area contributed by atoms with Crippen LogP contribution in [0.4, 0.5) is 0 Å². The molecule has 5 N–H and O–H groups in total. The van der Waals surface area contributed by atoms with Gasteiger partial charge in [-0.05, 0) is 6.07 Å². The van der Waals surface area contributed by atoms with Crippen molar-refractivity contribution in [2.24, 2.45) is 11.5 Å². The number of aromatic nitrogens is 1. The average Bonchev–Trinajstić information content (AvgIpc) is 2.56. The Morgan fingerprint density at radius 1 is 1.35 bits per heavy atom. The summed E-state index contributed by atoms with van der Waals surface area (Å²) in [7, 11) is 0. The molecule has 1 aromatic carbocycles. The van der Waals surface area contributed by atoms with Crippen molar-refractivity contribution in [1.82, 2.24) is 4.57 Å². The van der Waals surface area contributed by atoms with Crippen LogP contribution in [0.5, 0.6) is 0 Å². The third kappa shape index (κ3) is 2.42. The number of carbonyl (C=O) groups excluding carboxylic acids is 1. The Balaban J connectivity index is 2.53. The Morgan fingerprint density at radius 3 is 2.71 bits per heavy atom. The normalized spacial score (nSPS) is 10.6. The van der Waals surface area contributed by atoms with Gasteiger partial charge in [-0.1, -0.05) is 30.0 Å². The molecule has 0 radical (unpaired) electrons. The molecule has 88 valence electrons. The molecular weight excluding hydrogens is 236 g/mol. The van der Waals surface area contributed by atoms with E-state index in [4.69, 9.17) is 16.9 Å². The zero-order valence-corrected chi connectivity index (χ0v) is 9.83. The molecule has 2 aromatic rings. The number of hydrogen-bond acceptors (Lipinski definition) is 3. The molecule has 1 amide bonds. The zero-order chi connectivity index (χ0) is 12.4. The summed E-state index contributed by atoms with van der Waals surface area (Å²) in [6, 6.07) is 7.63. The van der Waals surface area contributed by atoms with Crippen LogP contribution in [0.2, 0.25) is 0 Å². The molecule has 2 rings (SSSR count). The summed E-state index contributed by atoms with van der Waals surface area (Å²) in [6.45, 7) is 0.124. The van der Waals surface area contributed by atoms with Crippen LogP contribution in [-0.2, 0) is 11.3 Å². The first-order valence-electron chi connectivity index (χ1n) is 4.96. The minimum atomic E-state index is -0.398. The van der Waals surface area contributed by atoms with Gasteiger partial charge in [-0.15, -0.1) is 0 Å². The molecule has 6 heteroatoms. The van der Waals surface area contributed by atoms with E-state index in [9.17, 15) is 4.79 Å². The highest BCUT2D eigenvalue weighted by Gasteiger charge is 2.10. The second-order valence-electron chi connectivity index (χ2n) is 3.57. The van der Waals surface area contributed by atoms with Crippen molar-refractivity contribution < 1.29 is 4.79 Å². The predicted molar refractivity (Wildman–Crippen MR) is 68.9 cm³/mol. The van der Waals surface area contributed by atoms with Crippen LogP contribution in [0.1, 0.15) is 0 Å². The van der Waals surface area contributed by atoms with Gasteiger partial charge in [-0.2, -0.15) is 0 Å². The van der Waals surface area contributed by atoms with Crippen molar-refractivity contribution in [3.63, 3.8) is 0 Å². The number of rotatable bonds is 3. The van der Waals surface area contributed by atoms with Gasteiger partial charge in [0.05, 0.1) is 0 Å². The first kappa shape index (κ1) is 11.5. The Morgan fingerprint density at radius 2 is 2.06 bits per heavy atom. The molecule has 0 atom stereocenters. The van der Waals surface area contributed by atoms with E-state index >= 15 is 0 Å². The largest absolute Gasteiger partial charge is 0.378 e. The smallest absolute Gasteiger partial charge is 0.237 e. The maximum atomic E-state index is 11.0. The number of nitrogens with two attached hydrogens (primary N) is 2. The minimum Gasteiger partial charge on any atom is -0.378 e. The number of primary amides is 1. The Labute approximate surface area is 102 Å². The Kier molecular flexibility index (Phi) is 3.06. The molecule has 1 heterocycles. The molecule has 0 bridgehead atoms. The van der Waals surface area contributed by atoms with Crippen molar-refractivity contribution in [2.45, 2.75) is 11.4 Å². The molecule has 0 unspecified atom stereocenters. The second kappa shape index (κ2) is 4.50. The van der Waals surface area contributed by atoms with Gasteiger partial charge in [-0.3, -0.25) is 10.2 Å². The summed E-state index contributed by atoms with van der Waals surface area (Å²) in [6.07, 6.45) is 1.79. The van der Waals surface area contributed by atoms with Crippen LogP contribution < -0.4 is 11.5 Å². The van der Waals surface area contributed by atoms with Crippen LogP contribution in [0.15, 0.2) is 35.4 Å². The van der Waals surface area contributed by atoms with Crippen molar-refractivity contribution >= 4 is 33.7 Å². The number of thioether (sulfide) groups is 1. The molecule has 0 saturated heterocycles. The SMILES string of the molecule is N=C(N)Sc1cn(CC(N)=O)c2ccccc12. The third-order valence-corrected chi connectivity index (χ3v) is 3.06. The number of para-hydroxylation sites is 1. The number of amidine groups is 1. The summed E-state index contributed by atoms with van der Waals surface area (Å²) < 4.78 is 1.77. The quantitative estimate of drug-likeness (QED) is 0.431. The van der Waals surface area contributed by atoms with Crippen LogP contribution >= 0.6 is 11.8 Å². The highest BCUT2D eigenvalue weighted by Crippen LogP contribution is 2.29. The molecular formula is C11H12N4OS. The number of carbonyl (C=O) groups is 1. The van der Waals surface area contributed by atoms with Crippen molar-refractivity contribution in [2.75, 3.05) is 0 Å². The Hall–Kier alpha value is -1.95. The first-order valence-corrected chi connectivity index (χ1v) is 5.77. The molecule has 5 nitrogen and oxygen atoms in total. The number of nitrogens with zero attached hydrogens (tertiary/aromatic N) is 1. The van der Waals surface area contributed by atoms with E-state index in [1.807, 2.05) is 24.3 Å². The van der Waals surface area contributed by atoms with Crippen molar-refractivity contribution in [1.29, 1.82) is 5.41 Å². The average molecular weight is 248 g/mol. The summed E-state index contributed by atoms with van der Waals surface area (Å²) in [5.74, 6) is -0.398.